The molecule has 0 bridgehead atoms. The van der Waals surface area contributed by atoms with Gasteiger partial charge in [-0.1, -0.05) is 0 Å². The number of rotatable bonds is 1. The molecule has 3 nitrogen and oxygen atoms in total. The summed E-state index contributed by atoms with van der Waals surface area (Å²) in [5.41, 5.74) is 0.985. The zero-order valence-electron chi connectivity index (χ0n) is 6.33. The van der Waals surface area contributed by atoms with Crippen LogP contribution in [0.3, 0.4) is 0 Å². The Morgan fingerprint density at radius 1 is 1.23 bits per heavy atom. The minimum Gasteiger partial charge on any atom is -0.423 e. The maximum atomic E-state index is 8.96. The van der Waals surface area contributed by atoms with Crippen LogP contribution in [0.2, 0.25) is 0 Å². The first-order valence-electron chi connectivity index (χ1n) is 3.31. The lowest BCUT2D eigenvalue weighted by molar-refractivity contribution is 0.425. The van der Waals surface area contributed by atoms with Crippen molar-refractivity contribution in [3.63, 3.8) is 0 Å². The van der Waals surface area contributed by atoms with Gasteiger partial charge in [-0.05, 0) is 62.8 Å². The quantitative estimate of drug-likeness (QED) is 0.533. The van der Waals surface area contributed by atoms with Gasteiger partial charge in [0.15, 0.2) is 0 Å². The molecule has 0 aliphatic rings. The number of hydrogen-bond acceptors (Lipinski definition) is 3. The van der Waals surface area contributed by atoms with Crippen molar-refractivity contribution in [2.45, 2.75) is 0 Å². The highest BCUT2D eigenvalue weighted by Gasteiger charge is 2.16. The molecule has 1 aromatic carbocycles. The molecule has 66 valence electrons. The molecule has 0 unspecified atom stereocenters. The van der Waals surface area contributed by atoms with Gasteiger partial charge < -0.3 is 10.0 Å². The number of halogens is 2. The first-order chi connectivity index (χ1) is 6.06. The SMILES string of the molecule is N#Cc1cc(I)c(B(O)O)cc1I. The Labute approximate surface area is 103 Å². The number of benzene rings is 1. The maximum Gasteiger partial charge on any atom is 0.489 e. The van der Waals surface area contributed by atoms with Gasteiger partial charge in [0.25, 0.3) is 0 Å². The summed E-state index contributed by atoms with van der Waals surface area (Å²) in [4.78, 5) is 0. The molecule has 0 heterocycles. The van der Waals surface area contributed by atoms with E-state index in [9.17, 15) is 0 Å². The summed E-state index contributed by atoms with van der Waals surface area (Å²) in [5.74, 6) is 0. The smallest absolute Gasteiger partial charge is 0.423 e. The summed E-state index contributed by atoms with van der Waals surface area (Å²) in [6, 6.07) is 5.27. The molecule has 0 aromatic heterocycles. The lowest BCUT2D eigenvalue weighted by Gasteiger charge is -2.04. The van der Waals surface area contributed by atoms with Gasteiger partial charge in [0, 0.05) is 7.14 Å². The summed E-state index contributed by atoms with van der Waals surface area (Å²) in [5, 5.41) is 26.6. The first-order valence-corrected chi connectivity index (χ1v) is 5.47. The third-order valence-electron chi connectivity index (χ3n) is 1.48. The molecule has 0 amide bonds. The normalized spacial score (nSPS) is 9.46. The fraction of sp³-hybridized carbons (Fsp3) is 0. The molecule has 0 fully saturated rings. The van der Waals surface area contributed by atoms with Crippen LogP contribution in [-0.4, -0.2) is 17.2 Å². The van der Waals surface area contributed by atoms with Crippen LogP contribution in [0.25, 0.3) is 0 Å². The second kappa shape index (κ2) is 4.59. The van der Waals surface area contributed by atoms with Crippen molar-refractivity contribution in [2.75, 3.05) is 0 Å². The molecule has 1 rings (SSSR count). The lowest BCUT2D eigenvalue weighted by atomic mass is 9.80. The summed E-state index contributed by atoms with van der Waals surface area (Å²) in [7, 11) is -1.48. The van der Waals surface area contributed by atoms with E-state index < -0.39 is 7.12 Å². The summed E-state index contributed by atoms with van der Waals surface area (Å²) in [6.45, 7) is 0. The highest BCUT2D eigenvalue weighted by Crippen LogP contribution is 2.13. The Balaban J connectivity index is 3.31. The predicted molar refractivity (Wildman–Crippen MR) is 66.4 cm³/mol. The Kier molecular flexibility index (Phi) is 3.96. The summed E-state index contributed by atoms with van der Waals surface area (Å²) in [6.07, 6.45) is 0. The Morgan fingerprint density at radius 3 is 2.31 bits per heavy atom. The molecule has 0 spiro atoms. The first kappa shape index (κ1) is 11.2. The molecular formula is C7H4BI2NO2. The second-order valence-corrected chi connectivity index (χ2v) is 4.66. The van der Waals surface area contributed by atoms with Gasteiger partial charge in [-0.15, -0.1) is 0 Å². The molecule has 0 saturated carbocycles. The molecule has 1 aromatic rings. The highest BCUT2D eigenvalue weighted by atomic mass is 127. The van der Waals surface area contributed by atoms with Gasteiger partial charge >= 0.3 is 7.12 Å². The summed E-state index contributed by atoms with van der Waals surface area (Å²) >= 11 is 3.95. The Hall–Kier alpha value is 0.155. The van der Waals surface area contributed by atoms with Crippen molar-refractivity contribution in [3.8, 4) is 6.07 Å². The topological polar surface area (TPSA) is 64.2 Å². The van der Waals surface area contributed by atoms with E-state index in [0.717, 1.165) is 3.57 Å². The fourth-order valence-electron chi connectivity index (χ4n) is 0.846. The molecule has 0 atom stereocenters. The molecule has 13 heavy (non-hydrogen) atoms. The van der Waals surface area contributed by atoms with Gasteiger partial charge in [-0.2, -0.15) is 5.26 Å². The van der Waals surface area contributed by atoms with Crippen molar-refractivity contribution >= 4 is 57.8 Å². The molecule has 0 aliphatic heterocycles. The second-order valence-electron chi connectivity index (χ2n) is 2.34. The summed E-state index contributed by atoms with van der Waals surface area (Å²) < 4.78 is 1.41. The average molecular weight is 399 g/mol. The van der Waals surface area contributed by atoms with E-state index in [0.29, 0.717) is 14.6 Å². The number of nitriles is 1. The molecule has 0 saturated heterocycles. The third kappa shape index (κ3) is 2.55. The Morgan fingerprint density at radius 2 is 1.85 bits per heavy atom. The van der Waals surface area contributed by atoms with Crippen molar-refractivity contribution in [2.24, 2.45) is 0 Å². The van der Waals surface area contributed by atoms with Crippen molar-refractivity contribution in [1.82, 2.24) is 0 Å². The predicted octanol–water partition coefficient (Wildman–Crippen LogP) is 0.447. The Bertz CT molecular complexity index is 375. The average Bonchev–Trinajstić information content (AvgIpc) is 2.07. The van der Waals surface area contributed by atoms with E-state index in [1.165, 1.54) is 0 Å². The molecular weight excluding hydrogens is 395 g/mol. The zero-order valence-corrected chi connectivity index (χ0v) is 10.6. The zero-order chi connectivity index (χ0) is 10.0. The highest BCUT2D eigenvalue weighted by molar-refractivity contribution is 14.1. The van der Waals surface area contributed by atoms with E-state index in [1.807, 2.05) is 51.3 Å². The number of nitrogens with zero attached hydrogens (tertiary/aromatic N) is 1. The third-order valence-corrected chi connectivity index (χ3v) is 3.31. The minimum absolute atomic E-state index is 0.434. The van der Waals surface area contributed by atoms with E-state index >= 15 is 0 Å². The van der Waals surface area contributed by atoms with Crippen LogP contribution in [-0.2, 0) is 0 Å². The number of hydrogen-bond donors (Lipinski definition) is 2. The van der Waals surface area contributed by atoms with Gasteiger partial charge in [0.2, 0.25) is 0 Å². The van der Waals surface area contributed by atoms with E-state index in [1.54, 1.807) is 12.1 Å². The van der Waals surface area contributed by atoms with E-state index in [4.69, 9.17) is 15.3 Å². The van der Waals surface area contributed by atoms with E-state index in [-0.39, 0.29) is 0 Å². The van der Waals surface area contributed by atoms with Crippen molar-refractivity contribution in [3.05, 3.63) is 24.8 Å². The maximum absolute atomic E-state index is 8.96. The van der Waals surface area contributed by atoms with Crippen LogP contribution >= 0.6 is 45.2 Å². The standard InChI is InChI=1S/C7H4BI2NO2/c9-6-2-5(8(12)13)7(10)1-4(6)3-11/h1-2,12-13H. The van der Waals surface area contributed by atoms with Gasteiger partial charge in [0.05, 0.1) is 5.56 Å². The lowest BCUT2D eigenvalue weighted by Crippen LogP contribution is -2.32. The molecule has 2 N–H and O–H groups in total. The van der Waals surface area contributed by atoms with Crippen LogP contribution in [0.5, 0.6) is 0 Å². The van der Waals surface area contributed by atoms with Crippen molar-refractivity contribution in [1.29, 1.82) is 5.26 Å². The van der Waals surface area contributed by atoms with Crippen LogP contribution in [0.15, 0.2) is 12.1 Å². The fourth-order valence-corrected chi connectivity index (χ4v) is 2.20. The van der Waals surface area contributed by atoms with Crippen LogP contribution in [0, 0.1) is 18.5 Å². The molecule has 0 aliphatic carbocycles. The van der Waals surface area contributed by atoms with Gasteiger partial charge in [-0.25, -0.2) is 0 Å². The van der Waals surface area contributed by atoms with Gasteiger partial charge in [0.1, 0.15) is 6.07 Å². The van der Waals surface area contributed by atoms with Gasteiger partial charge in [-0.3, -0.25) is 0 Å². The van der Waals surface area contributed by atoms with E-state index in [2.05, 4.69) is 0 Å². The monoisotopic (exact) mass is 399 g/mol. The van der Waals surface area contributed by atoms with Crippen LogP contribution in [0.4, 0.5) is 0 Å². The molecule has 6 heteroatoms. The largest absolute Gasteiger partial charge is 0.489 e. The van der Waals surface area contributed by atoms with Crippen LogP contribution < -0.4 is 5.46 Å². The van der Waals surface area contributed by atoms with Crippen molar-refractivity contribution < 1.29 is 10.0 Å². The minimum atomic E-state index is -1.48. The molecule has 0 radical (unpaired) electrons. The van der Waals surface area contributed by atoms with Crippen LogP contribution in [0.1, 0.15) is 5.56 Å².